The van der Waals surface area contributed by atoms with Crippen LogP contribution in [0.3, 0.4) is 0 Å². The molecular weight excluding hydrogens is 374 g/mol. The van der Waals surface area contributed by atoms with Crippen molar-refractivity contribution >= 4 is 29.1 Å². The largest absolute Gasteiger partial charge is 0.310 e. The van der Waals surface area contributed by atoms with Crippen molar-refractivity contribution in [1.82, 2.24) is 9.78 Å². The number of ketones is 1. The van der Waals surface area contributed by atoms with Gasteiger partial charge >= 0.3 is 0 Å². The lowest BCUT2D eigenvalue weighted by molar-refractivity contribution is -0.116. The number of carbonyl (C=O) groups excluding carboxylic acids is 2. The van der Waals surface area contributed by atoms with Gasteiger partial charge in [0.2, 0.25) is 5.91 Å². The minimum Gasteiger partial charge on any atom is -0.310 e. The summed E-state index contributed by atoms with van der Waals surface area (Å²) in [7, 11) is 0. The Morgan fingerprint density at radius 2 is 1.86 bits per heavy atom. The number of amides is 1. The first-order valence-electron chi connectivity index (χ1n) is 9.12. The van der Waals surface area contributed by atoms with E-state index in [2.05, 4.69) is 10.4 Å². The Hall–Kier alpha value is -2.92. The molecule has 142 valence electrons. The molecule has 1 amide bonds. The first kappa shape index (κ1) is 18.4. The molecule has 4 rings (SSSR count). The van der Waals surface area contributed by atoms with Gasteiger partial charge in [0.15, 0.2) is 5.78 Å². The van der Waals surface area contributed by atoms with Gasteiger partial charge in [-0.15, -0.1) is 0 Å². The maximum Gasteiger partial charge on any atom is 0.226 e. The van der Waals surface area contributed by atoms with Crippen LogP contribution in [0, 0.1) is 20.8 Å². The van der Waals surface area contributed by atoms with Gasteiger partial charge in [-0.2, -0.15) is 5.10 Å². The Balaban J connectivity index is 1.82. The lowest BCUT2D eigenvalue weighted by atomic mass is 9.85. The van der Waals surface area contributed by atoms with Crippen LogP contribution in [0.15, 0.2) is 42.5 Å². The fourth-order valence-electron chi connectivity index (χ4n) is 3.59. The quantitative estimate of drug-likeness (QED) is 0.652. The molecule has 6 heteroatoms. The van der Waals surface area contributed by atoms with Crippen molar-refractivity contribution < 1.29 is 9.59 Å². The molecule has 2 heterocycles. The smallest absolute Gasteiger partial charge is 0.226 e. The molecule has 0 saturated carbocycles. The third-order valence-electron chi connectivity index (χ3n) is 5.16. The number of carbonyl (C=O) groups is 2. The molecule has 0 aliphatic carbocycles. The van der Waals surface area contributed by atoms with Crippen molar-refractivity contribution in [2.75, 3.05) is 5.32 Å². The number of aromatic nitrogens is 2. The van der Waals surface area contributed by atoms with E-state index in [0.29, 0.717) is 16.4 Å². The molecule has 5 nitrogen and oxygen atoms in total. The standard InChI is InChI=1S/C22H20ClN3O2/c1-12-4-7-15(8-5-12)21(28)17-11-19(27)24-22-20(17)14(3)25-26(22)16-9-6-13(2)18(23)10-16/h4-10,17H,11H2,1-3H3,(H,24,27). The molecule has 1 unspecified atom stereocenters. The minimum atomic E-state index is -0.555. The predicted octanol–water partition coefficient (Wildman–Crippen LogP) is 4.76. The molecule has 1 aliphatic heterocycles. The summed E-state index contributed by atoms with van der Waals surface area (Å²) in [6, 6.07) is 13.0. The van der Waals surface area contributed by atoms with Crippen LogP contribution in [0.2, 0.25) is 5.02 Å². The first-order chi connectivity index (χ1) is 13.3. The molecule has 0 fully saturated rings. The van der Waals surface area contributed by atoms with Crippen LogP contribution in [0.5, 0.6) is 0 Å². The van der Waals surface area contributed by atoms with Crippen molar-refractivity contribution in [2.45, 2.75) is 33.1 Å². The van der Waals surface area contributed by atoms with Gasteiger partial charge in [0, 0.05) is 22.6 Å². The Morgan fingerprint density at radius 3 is 2.54 bits per heavy atom. The number of hydrogen-bond donors (Lipinski definition) is 1. The molecule has 0 spiro atoms. The van der Waals surface area contributed by atoms with E-state index in [1.807, 2.05) is 57.2 Å². The molecule has 28 heavy (non-hydrogen) atoms. The maximum atomic E-state index is 13.2. The fraction of sp³-hybridized carbons (Fsp3) is 0.227. The van der Waals surface area contributed by atoms with Crippen LogP contribution in [-0.2, 0) is 4.79 Å². The average molecular weight is 394 g/mol. The van der Waals surface area contributed by atoms with E-state index >= 15 is 0 Å². The molecule has 0 bridgehead atoms. The molecule has 1 atom stereocenters. The number of nitrogens with one attached hydrogen (secondary N) is 1. The van der Waals surface area contributed by atoms with Crippen molar-refractivity contribution in [1.29, 1.82) is 0 Å². The molecule has 2 aromatic carbocycles. The molecule has 1 aromatic heterocycles. The lowest BCUT2D eigenvalue weighted by Gasteiger charge is -2.23. The number of Topliss-reactive ketones (excluding diaryl/α,β-unsaturated/α-hetero) is 1. The number of anilines is 1. The van der Waals surface area contributed by atoms with Gasteiger partial charge in [-0.3, -0.25) is 9.59 Å². The number of rotatable bonds is 3. The normalized spacial score (nSPS) is 15.9. The highest BCUT2D eigenvalue weighted by atomic mass is 35.5. The number of nitrogens with zero attached hydrogens (tertiary/aromatic N) is 2. The van der Waals surface area contributed by atoms with Gasteiger partial charge in [-0.25, -0.2) is 4.68 Å². The molecule has 0 saturated heterocycles. The zero-order chi connectivity index (χ0) is 20.0. The van der Waals surface area contributed by atoms with E-state index in [4.69, 9.17) is 11.6 Å². The van der Waals surface area contributed by atoms with E-state index in [0.717, 1.165) is 28.1 Å². The second-order valence-electron chi connectivity index (χ2n) is 7.23. The van der Waals surface area contributed by atoms with Crippen LogP contribution in [-0.4, -0.2) is 21.5 Å². The second kappa shape index (κ2) is 6.91. The summed E-state index contributed by atoms with van der Waals surface area (Å²) in [6.07, 6.45) is 0.112. The molecule has 1 aliphatic rings. The van der Waals surface area contributed by atoms with Crippen LogP contribution < -0.4 is 5.32 Å². The van der Waals surface area contributed by atoms with Gasteiger partial charge < -0.3 is 5.32 Å². The van der Waals surface area contributed by atoms with E-state index in [-0.39, 0.29) is 18.1 Å². The summed E-state index contributed by atoms with van der Waals surface area (Å²) in [5, 5.41) is 8.11. The fourth-order valence-corrected chi connectivity index (χ4v) is 3.77. The Bertz CT molecular complexity index is 1100. The van der Waals surface area contributed by atoms with Crippen molar-refractivity contribution in [2.24, 2.45) is 0 Å². The van der Waals surface area contributed by atoms with E-state index in [9.17, 15) is 9.59 Å². The number of fused-ring (bicyclic) bond motifs is 1. The summed E-state index contributed by atoms with van der Waals surface area (Å²) in [6.45, 7) is 5.76. The number of hydrogen-bond acceptors (Lipinski definition) is 3. The monoisotopic (exact) mass is 393 g/mol. The van der Waals surface area contributed by atoms with Gasteiger partial charge in [-0.05, 0) is 38.5 Å². The Labute approximate surface area is 168 Å². The van der Waals surface area contributed by atoms with Gasteiger partial charge in [0.1, 0.15) is 5.82 Å². The van der Waals surface area contributed by atoms with Gasteiger partial charge in [0.05, 0.1) is 17.3 Å². The summed E-state index contributed by atoms with van der Waals surface area (Å²) in [4.78, 5) is 25.6. The topological polar surface area (TPSA) is 64.0 Å². The van der Waals surface area contributed by atoms with Crippen LogP contribution in [0.1, 0.15) is 45.1 Å². The Kier molecular flexibility index (Phi) is 4.55. The zero-order valence-corrected chi connectivity index (χ0v) is 16.7. The first-order valence-corrected chi connectivity index (χ1v) is 9.49. The average Bonchev–Trinajstić information content (AvgIpc) is 3.00. The van der Waals surface area contributed by atoms with Crippen LogP contribution in [0.4, 0.5) is 5.82 Å². The highest BCUT2D eigenvalue weighted by Crippen LogP contribution is 2.38. The summed E-state index contributed by atoms with van der Waals surface area (Å²) in [5.74, 6) is -0.279. The third-order valence-corrected chi connectivity index (χ3v) is 5.56. The summed E-state index contributed by atoms with van der Waals surface area (Å²) in [5.41, 5.74) is 4.86. The zero-order valence-electron chi connectivity index (χ0n) is 15.9. The number of aryl methyl sites for hydroxylation is 3. The second-order valence-corrected chi connectivity index (χ2v) is 7.64. The van der Waals surface area contributed by atoms with E-state index in [1.165, 1.54) is 0 Å². The third kappa shape index (κ3) is 3.12. The van der Waals surface area contributed by atoms with E-state index in [1.54, 1.807) is 10.7 Å². The molecule has 3 aromatic rings. The molecular formula is C22H20ClN3O2. The SMILES string of the molecule is Cc1ccc(C(=O)C2CC(=O)Nc3c2c(C)nn3-c2ccc(C)c(Cl)c2)cc1. The van der Waals surface area contributed by atoms with Crippen LogP contribution >= 0.6 is 11.6 Å². The summed E-state index contributed by atoms with van der Waals surface area (Å²) >= 11 is 6.27. The van der Waals surface area contributed by atoms with E-state index < -0.39 is 5.92 Å². The minimum absolute atomic E-state index is 0.0688. The van der Waals surface area contributed by atoms with Crippen molar-refractivity contribution in [3.63, 3.8) is 0 Å². The Morgan fingerprint density at radius 1 is 1.14 bits per heavy atom. The summed E-state index contributed by atoms with van der Waals surface area (Å²) < 4.78 is 1.66. The lowest BCUT2D eigenvalue weighted by Crippen LogP contribution is -2.28. The molecule has 0 radical (unpaired) electrons. The van der Waals surface area contributed by atoms with Crippen molar-refractivity contribution in [3.8, 4) is 5.69 Å². The van der Waals surface area contributed by atoms with Gasteiger partial charge in [-0.1, -0.05) is 47.5 Å². The van der Waals surface area contributed by atoms with Crippen molar-refractivity contribution in [3.05, 3.63) is 75.4 Å². The predicted molar refractivity (Wildman–Crippen MR) is 110 cm³/mol. The maximum absolute atomic E-state index is 13.2. The molecule has 1 N–H and O–H groups in total. The van der Waals surface area contributed by atoms with Gasteiger partial charge in [0.25, 0.3) is 0 Å². The number of halogens is 1. The van der Waals surface area contributed by atoms with Crippen LogP contribution in [0.25, 0.3) is 5.69 Å². The number of benzene rings is 2. The highest BCUT2D eigenvalue weighted by molar-refractivity contribution is 6.31. The highest BCUT2D eigenvalue weighted by Gasteiger charge is 2.36.